The molecule has 2 aromatic carbocycles. The molecule has 29 heavy (non-hydrogen) atoms. The molecule has 0 atom stereocenters. The van der Waals surface area contributed by atoms with Crippen molar-refractivity contribution in [3.8, 4) is 28.6 Å². The molecule has 3 nitrogen and oxygen atoms in total. The summed E-state index contributed by atoms with van der Waals surface area (Å²) in [6.45, 7) is 3.89. The predicted octanol–water partition coefficient (Wildman–Crippen LogP) is 6.53. The zero-order chi connectivity index (χ0) is 20.1. The van der Waals surface area contributed by atoms with Gasteiger partial charge >= 0.3 is 0 Å². The van der Waals surface area contributed by atoms with Gasteiger partial charge in [0.05, 0.1) is 11.6 Å². The maximum Gasteiger partial charge on any atom is 0.159 e. The van der Waals surface area contributed by atoms with Crippen molar-refractivity contribution in [2.45, 2.75) is 38.0 Å². The van der Waals surface area contributed by atoms with E-state index < -0.39 is 0 Å². The number of nitriles is 1. The summed E-state index contributed by atoms with van der Waals surface area (Å²) in [7, 11) is 0. The molecule has 0 radical (unpaired) electrons. The second-order valence-corrected chi connectivity index (χ2v) is 7.85. The highest BCUT2D eigenvalue weighted by molar-refractivity contribution is 5.64. The van der Waals surface area contributed by atoms with Crippen LogP contribution in [0.15, 0.2) is 73.6 Å². The Morgan fingerprint density at radius 1 is 0.931 bits per heavy atom. The van der Waals surface area contributed by atoms with Crippen LogP contribution in [-0.2, 0) is 0 Å². The Bertz CT molecular complexity index is 1010. The molecule has 1 aliphatic rings. The minimum Gasteiger partial charge on any atom is -0.236 e. The maximum absolute atomic E-state index is 8.93. The molecule has 0 unspecified atom stereocenters. The summed E-state index contributed by atoms with van der Waals surface area (Å²) in [5.41, 5.74) is 5.18. The smallest absolute Gasteiger partial charge is 0.159 e. The second-order valence-electron chi connectivity index (χ2n) is 7.85. The van der Waals surface area contributed by atoms with Crippen LogP contribution >= 0.6 is 0 Å². The van der Waals surface area contributed by atoms with Crippen molar-refractivity contribution in [2.75, 3.05) is 0 Å². The highest BCUT2D eigenvalue weighted by atomic mass is 14.9. The molecule has 1 fully saturated rings. The summed E-state index contributed by atoms with van der Waals surface area (Å²) in [6.07, 6.45) is 12.1. The number of nitrogens with zero attached hydrogens (tertiary/aromatic N) is 3. The zero-order valence-electron chi connectivity index (χ0n) is 16.6. The minimum absolute atomic E-state index is 0.640. The molecule has 1 aromatic heterocycles. The van der Waals surface area contributed by atoms with E-state index in [1.54, 1.807) is 12.1 Å². The van der Waals surface area contributed by atoms with E-state index >= 15 is 0 Å². The Morgan fingerprint density at radius 3 is 2.31 bits per heavy atom. The fraction of sp³-hybridized carbons (Fsp3) is 0.269. The maximum atomic E-state index is 8.93. The Hall–Kier alpha value is -3.25. The van der Waals surface area contributed by atoms with Crippen molar-refractivity contribution in [2.24, 2.45) is 5.92 Å². The van der Waals surface area contributed by atoms with Crippen LogP contribution in [0.2, 0.25) is 0 Å². The lowest BCUT2D eigenvalue weighted by Gasteiger charge is -2.28. The van der Waals surface area contributed by atoms with E-state index in [2.05, 4.69) is 53.0 Å². The van der Waals surface area contributed by atoms with Gasteiger partial charge in [-0.2, -0.15) is 5.26 Å². The Balaban J connectivity index is 1.49. The summed E-state index contributed by atoms with van der Waals surface area (Å²) in [4.78, 5) is 9.10. The lowest BCUT2D eigenvalue weighted by atomic mass is 9.77. The number of rotatable bonds is 5. The van der Waals surface area contributed by atoms with E-state index in [4.69, 9.17) is 5.26 Å². The van der Waals surface area contributed by atoms with Gasteiger partial charge in [0, 0.05) is 23.5 Å². The second kappa shape index (κ2) is 8.84. The fourth-order valence-corrected chi connectivity index (χ4v) is 4.26. The Labute approximate surface area is 172 Å². The average Bonchev–Trinajstić information content (AvgIpc) is 2.80. The number of benzene rings is 2. The molecule has 0 saturated heterocycles. The van der Waals surface area contributed by atoms with E-state index in [9.17, 15) is 0 Å². The van der Waals surface area contributed by atoms with Gasteiger partial charge in [-0.05, 0) is 79.3 Å². The SMILES string of the molecule is C=CC[C@H]1CC[C@H](c2cccc(-c3cnc(-c4ccc(C#N)cc4)nc3)c2)CC1. The quantitative estimate of drug-likeness (QED) is 0.473. The molecule has 0 amide bonds. The molecular weight excluding hydrogens is 354 g/mol. The topological polar surface area (TPSA) is 49.6 Å². The highest BCUT2D eigenvalue weighted by Gasteiger charge is 2.21. The Morgan fingerprint density at radius 2 is 1.66 bits per heavy atom. The van der Waals surface area contributed by atoms with Crippen molar-refractivity contribution in [1.82, 2.24) is 9.97 Å². The third kappa shape index (κ3) is 4.43. The van der Waals surface area contributed by atoms with Crippen LogP contribution in [0.25, 0.3) is 22.5 Å². The normalized spacial score (nSPS) is 18.7. The minimum atomic E-state index is 0.640. The lowest BCUT2D eigenvalue weighted by molar-refractivity contribution is 0.328. The van der Waals surface area contributed by atoms with Crippen molar-refractivity contribution in [3.05, 3.63) is 84.7 Å². The average molecular weight is 380 g/mol. The first-order valence-corrected chi connectivity index (χ1v) is 10.3. The van der Waals surface area contributed by atoms with Crippen LogP contribution in [0.5, 0.6) is 0 Å². The summed E-state index contributed by atoms with van der Waals surface area (Å²) in [5, 5.41) is 8.93. The molecule has 1 saturated carbocycles. The molecule has 3 aromatic rings. The third-order valence-corrected chi connectivity index (χ3v) is 5.96. The van der Waals surface area contributed by atoms with Crippen molar-refractivity contribution in [1.29, 1.82) is 5.26 Å². The van der Waals surface area contributed by atoms with Crippen LogP contribution in [0, 0.1) is 17.2 Å². The Kier molecular flexibility index (Phi) is 5.81. The zero-order valence-corrected chi connectivity index (χ0v) is 16.6. The summed E-state index contributed by atoms with van der Waals surface area (Å²) >= 11 is 0. The molecule has 3 heteroatoms. The van der Waals surface area contributed by atoms with E-state index in [1.807, 2.05) is 24.5 Å². The van der Waals surface area contributed by atoms with Crippen molar-refractivity contribution >= 4 is 0 Å². The predicted molar refractivity (Wildman–Crippen MR) is 117 cm³/mol. The van der Waals surface area contributed by atoms with Gasteiger partial charge in [-0.1, -0.05) is 30.3 Å². The first kappa shape index (κ1) is 19.1. The number of hydrogen-bond acceptors (Lipinski definition) is 3. The van der Waals surface area contributed by atoms with Gasteiger partial charge < -0.3 is 0 Å². The molecule has 0 spiro atoms. The standard InChI is InChI=1S/C26H25N3/c1-2-4-19-7-11-21(12-8-19)23-5-3-6-24(15-23)25-17-28-26(29-18-25)22-13-9-20(16-27)10-14-22/h2-3,5-6,9-10,13-15,17-19,21H,1,4,7-8,11-12H2/t19-,21-. The van der Waals surface area contributed by atoms with Gasteiger partial charge in [0.25, 0.3) is 0 Å². The van der Waals surface area contributed by atoms with E-state index in [1.165, 1.54) is 36.8 Å². The third-order valence-electron chi connectivity index (χ3n) is 5.96. The van der Waals surface area contributed by atoms with Crippen LogP contribution in [0.1, 0.15) is 49.1 Å². The van der Waals surface area contributed by atoms with Crippen LogP contribution in [0.4, 0.5) is 0 Å². The lowest BCUT2D eigenvalue weighted by Crippen LogP contribution is -2.12. The molecule has 1 heterocycles. The number of hydrogen-bond donors (Lipinski definition) is 0. The van der Waals surface area contributed by atoms with E-state index in [-0.39, 0.29) is 0 Å². The van der Waals surface area contributed by atoms with Crippen LogP contribution < -0.4 is 0 Å². The van der Waals surface area contributed by atoms with Gasteiger partial charge in [0.1, 0.15) is 0 Å². The van der Waals surface area contributed by atoms with E-state index in [0.29, 0.717) is 17.3 Å². The van der Waals surface area contributed by atoms with Crippen molar-refractivity contribution in [3.63, 3.8) is 0 Å². The fourth-order valence-electron chi connectivity index (χ4n) is 4.26. The van der Waals surface area contributed by atoms with E-state index in [0.717, 1.165) is 23.5 Å². The first-order chi connectivity index (χ1) is 14.3. The highest BCUT2D eigenvalue weighted by Crippen LogP contribution is 2.38. The van der Waals surface area contributed by atoms with Gasteiger partial charge in [-0.25, -0.2) is 9.97 Å². The number of aromatic nitrogens is 2. The van der Waals surface area contributed by atoms with Crippen LogP contribution in [-0.4, -0.2) is 9.97 Å². The first-order valence-electron chi connectivity index (χ1n) is 10.3. The van der Waals surface area contributed by atoms with Gasteiger partial charge in [-0.15, -0.1) is 6.58 Å². The van der Waals surface area contributed by atoms with Gasteiger partial charge in [0.2, 0.25) is 0 Å². The summed E-state index contributed by atoms with van der Waals surface area (Å²) < 4.78 is 0. The molecule has 0 bridgehead atoms. The molecule has 4 rings (SSSR count). The summed E-state index contributed by atoms with van der Waals surface area (Å²) in [5.74, 6) is 2.14. The molecule has 0 aliphatic heterocycles. The monoisotopic (exact) mass is 379 g/mol. The van der Waals surface area contributed by atoms with Crippen LogP contribution in [0.3, 0.4) is 0 Å². The summed E-state index contributed by atoms with van der Waals surface area (Å²) in [6, 6.07) is 18.3. The molecule has 0 N–H and O–H groups in total. The molecule has 1 aliphatic carbocycles. The van der Waals surface area contributed by atoms with Crippen molar-refractivity contribution < 1.29 is 0 Å². The van der Waals surface area contributed by atoms with Gasteiger partial charge in [-0.3, -0.25) is 0 Å². The largest absolute Gasteiger partial charge is 0.236 e. The number of allylic oxidation sites excluding steroid dienone is 1. The van der Waals surface area contributed by atoms with Gasteiger partial charge in [0.15, 0.2) is 5.82 Å². The molecular formula is C26H25N3. The molecule has 144 valence electrons.